The maximum absolute atomic E-state index is 13.1. The summed E-state index contributed by atoms with van der Waals surface area (Å²) >= 11 is 0. The second-order valence-corrected chi connectivity index (χ2v) is 4.83. The van der Waals surface area contributed by atoms with Gasteiger partial charge in [-0.15, -0.1) is 0 Å². The minimum Gasteiger partial charge on any atom is -0.351 e. The summed E-state index contributed by atoms with van der Waals surface area (Å²) in [7, 11) is 0. The summed E-state index contributed by atoms with van der Waals surface area (Å²) in [6.45, 7) is 0.578. The molecule has 126 valence electrons. The Kier molecular flexibility index (Phi) is 5.80. The van der Waals surface area contributed by atoms with E-state index < -0.39 is 23.6 Å². The van der Waals surface area contributed by atoms with Gasteiger partial charge in [0.2, 0.25) is 0 Å². The number of hydrogen-bond acceptors (Lipinski definition) is 3. The molecule has 0 spiro atoms. The molecular weight excluding hydrogens is 318 g/mol. The van der Waals surface area contributed by atoms with Crippen LogP contribution in [0.5, 0.6) is 0 Å². The lowest BCUT2D eigenvalue weighted by molar-refractivity contribution is 0.0955. The van der Waals surface area contributed by atoms with Crippen LogP contribution in [0.2, 0.25) is 0 Å². The van der Waals surface area contributed by atoms with E-state index in [1.807, 2.05) is 0 Å². The monoisotopic (exact) mass is 334 g/mol. The fraction of sp³-hybridized carbons (Fsp3) is 0.125. The first-order valence-corrected chi connectivity index (χ1v) is 7.11. The minimum absolute atomic E-state index is 0.0462. The largest absolute Gasteiger partial charge is 0.351 e. The highest BCUT2D eigenvalue weighted by Crippen LogP contribution is 2.17. The fourth-order valence-electron chi connectivity index (χ4n) is 1.98. The Morgan fingerprint density at radius 2 is 1.67 bits per heavy atom. The Balaban J connectivity index is 2.10. The van der Waals surface area contributed by atoms with Gasteiger partial charge in [-0.25, -0.2) is 13.6 Å². The number of rotatable bonds is 5. The Hall–Kier alpha value is -3.00. The number of nitrogens with two attached hydrogens (primary N) is 1. The lowest BCUT2D eigenvalue weighted by Crippen LogP contribution is -2.30. The van der Waals surface area contributed by atoms with Gasteiger partial charge in [0, 0.05) is 24.8 Å². The Morgan fingerprint density at radius 3 is 2.33 bits per heavy atom. The zero-order valence-corrected chi connectivity index (χ0v) is 12.6. The van der Waals surface area contributed by atoms with Gasteiger partial charge in [-0.05, 0) is 24.3 Å². The first-order chi connectivity index (χ1) is 11.5. The van der Waals surface area contributed by atoms with Crippen molar-refractivity contribution in [1.82, 2.24) is 5.32 Å². The van der Waals surface area contributed by atoms with Gasteiger partial charge in [-0.1, -0.05) is 12.1 Å². The van der Waals surface area contributed by atoms with Crippen molar-refractivity contribution < 1.29 is 18.4 Å². The first kappa shape index (κ1) is 17.4. The zero-order valence-electron chi connectivity index (χ0n) is 12.6. The van der Waals surface area contributed by atoms with Crippen LogP contribution in [0.3, 0.4) is 0 Å². The topological polar surface area (TPSA) is 96.2 Å². The predicted molar refractivity (Wildman–Crippen MR) is 86.8 cm³/mol. The number of hydrogen-bond donors (Lipinski definition) is 4. The molecule has 24 heavy (non-hydrogen) atoms. The average molecular weight is 334 g/mol. The van der Waals surface area contributed by atoms with Crippen molar-refractivity contribution in [1.29, 1.82) is 0 Å². The van der Waals surface area contributed by atoms with Crippen molar-refractivity contribution >= 4 is 23.3 Å². The molecule has 3 amide bonds. The van der Waals surface area contributed by atoms with Crippen LogP contribution in [0, 0.1) is 11.6 Å². The first-order valence-electron chi connectivity index (χ1n) is 7.11. The minimum atomic E-state index is -0.813. The van der Waals surface area contributed by atoms with Crippen LogP contribution in [-0.4, -0.2) is 25.0 Å². The molecule has 2 rings (SSSR count). The number of urea groups is 1. The van der Waals surface area contributed by atoms with Crippen LogP contribution in [0.4, 0.5) is 25.0 Å². The molecule has 0 atom stereocenters. The van der Waals surface area contributed by atoms with Crippen LogP contribution < -0.4 is 21.7 Å². The molecule has 0 radical (unpaired) electrons. The SMILES string of the molecule is NCCNC(=O)c1ccccc1NC(=O)Nc1cc(F)cc(F)c1. The molecule has 0 heterocycles. The molecule has 0 saturated heterocycles. The molecule has 0 aliphatic carbocycles. The van der Waals surface area contributed by atoms with Gasteiger partial charge < -0.3 is 21.7 Å². The maximum Gasteiger partial charge on any atom is 0.323 e. The molecule has 0 unspecified atom stereocenters. The van der Waals surface area contributed by atoms with E-state index in [1.54, 1.807) is 12.1 Å². The van der Waals surface area contributed by atoms with Gasteiger partial charge in [-0.2, -0.15) is 0 Å². The van der Waals surface area contributed by atoms with E-state index in [2.05, 4.69) is 16.0 Å². The molecule has 6 nitrogen and oxygen atoms in total. The number of halogens is 2. The summed E-state index contributed by atoms with van der Waals surface area (Å²) in [5.74, 6) is -2.02. The van der Waals surface area contributed by atoms with Gasteiger partial charge >= 0.3 is 6.03 Å². The van der Waals surface area contributed by atoms with Crippen molar-refractivity contribution in [2.75, 3.05) is 23.7 Å². The van der Waals surface area contributed by atoms with Crippen molar-refractivity contribution in [3.05, 3.63) is 59.7 Å². The third-order valence-electron chi connectivity index (χ3n) is 2.97. The van der Waals surface area contributed by atoms with E-state index in [-0.39, 0.29) is 23.5 Å². The van der Waals surface area contributed by atoms with Gasteiger partial charge in [0.15, 0.2) is 0 Å². The number of carbonyl (C=O) groups excluding carboxylic acids is 2. The normalized spacial score (nSPS) is 10.1. The molecule has 0 saturated carbocycles. The Labute approximate surface area is 137 Å². The third-order valence-corrected chi connectivity index (χ3v) is 2.97. The average Bonchev–Trinajstić information content (AvgIpc) is 2.52. The summed E-state index contributed by atoms with van der Waals surface area (Å²) in [6.07, 6.45) is 0. The molecule has 0 aromatic heterocycles. The maximum atomic E-state index is 13.1. The highest BCUT2D eigenvalue weighted by molar-refractivity contribution is 6.06. The van der Waals surface area contributed by atoms with Gasteiger partial charge in [0.25, 0.3) is 5.91 Å². The molecule has 0 fully saturated rings. The lowest BCUT2D eigenvalue weighted by Gasteiger charge is -2.12. The van der Waals surface area contributed by atoms with E-state index in [1.165, 1.54) is 12.1 Å². The van der Waals surface area contributed by atoms with Crippen LogP contribution >= 0.6 is 0 Å². The van der Waals surface area contributed by atoms with Crippen molar-refractivity contribution in [3.63, 3.8) is 0 Å². The number of amides is 3. The summed E-state index contributed by atoms with van der Waals surface area (Å²) < 4.78 is 26.2. The van der Waals surface area contributed by atoms with Gasteiger partial charge in [0.1, 0.15) is 11.6 Å². The Morgan fingerprint density at radius 1 is 1.00 bits per heavy atom. The van der Waals surface area contributed by atoms with Crippen molar-refractivity contribution in [3.8, 4) is 0 Å². The van der Waals surface area contributed by atoms with Crippen LogP contribution in [0.15, 0.2) is 42.5 Å². The van der Waals surface area contributed by atoms with E-state index in [9.17, 15) is 18.4 Å². The number of nitrogens with one attached hydrogen (secondary N) is 3. The second kappa shape index (κ2) is 8.02. The molecule has 2 aromatic rings. The van der Waals surface area contributed by atoms with Crippen molar-refractivity contribution in [2.45, 2.75) is 0 Å². The van der Waals surface area contributed by atoms with E-state index in [0.717, 1.165) is 12.1 Å². The summed E-state index contributed by atoms with van der Waals surface area (Å²) in [4.78, 5) is 24.0. The van der Waals surface area contributed by atoms with Gasteiger partial charge in [-0.3, -0.25) is 4.79 Å². The summed E-state index contributed by atoms with van der Waals surface area (Å²) in [6, 6.07) is 8.25. The number of benzene rings is 2. The summed E-state index contributed by atoms with van der Waals surface area (Å²) in [5.41, 5.74) is 5.78. The van der Waals surface area contributed by atoms with Crippen LogP contribution in [0.1, 0.15) is 10.4 Å². The van der Waals surface area contributed by atoms with E-state index in [4.69, 9.17) is 5.73 Å². The zero-order chi connectivity index (χ0) is 17.5. The van der Waals surface area contributed by atoms with Gasteiger partial charge in [0.05, 0.1) is 11.3 Å². The third kappa shape index (κ3) is 4.75. The number of para-hydroxylation sites is 1. The summed E-state index contributed by atoms with van der Waals surface area (Å²) in [5, 5.41) is 7.36. The van der Waals surface area contributed by atoms with E-state index in [0.29, 0.717) is 12.6 Å². The van der Waals surface area contributed by atoms with Crippen molar-refractivity contribution in [2.24, 2.45) is 5.73 Å². The molecule has 0 aliphatic heterocycles. The van der Waals surface area contributed by atoms with E-state index >= 15 is 0 Å². The standard InChI is InChI=1S/C16H16F2N4O2/c17-10-7-11(18)9-12(8-10)21-16(24)22-14-4-2-1-3-13(14)15(23)20-6-5-19/h1-4,7-9H,5-6,19H2,(H,20,23)(H2,21,22,24). The molecular formula is C16H16F2N4O2. The van der Waals surface area contributed by atoms with Crippen LogP contribution in [0.25, 0.3) is 0 Å². The molecule has 5 N–H and O–H groups in total. The molecule has 0 bridgehead atoms. The molecule has 2 aromatic carbocycles. The highest BCUT2D eigenvalue weighted by Gasteiger charge is 2.13. The molecule has 0 aliphatic rings. The highest BCUT2D eigenvalue weighted by atomic mass is 19.1. The quantitative estimate of drug-likeness (QED) is 0.675. The molecule has 8 heteroatoms. The predicted octanol–water partition coefficient (Wildman–Crippen LogP) is 2.30. The smallest absolute Gasteiger partial charge is 0.323 e. The number of anilines is 2. The lowest BCUT2D eigenvalue weighted by atomic mass is 10.1. The fourth-order valence-corrected chi connectivity index (χ4v) is 1.98. The second-order valence-electron chi connectivity index (χ2n) is 4.83. The number of carbonyl (C=O) groups is 2. The Bertz CT molecular complexity index is 732. The van der Waals surface area contributed by atoms with Crippen LogP contribution in [-0.2, 0) is 0 Å².